The van der Waals surface area contributed by atoms with Crippen LogP contribution < -0.4 is 10.1 Å². The predicted molar refractivity (Wildman–Crippen MR) is 87.9 cm³/mol. The highest BCUT2D eigenvalue weighted by Crippen LogP contribution is 2.31. The largest absolute Gasteiger partial charge is 0.497 e. The van der Waals surface area contributed by atoms with Crippen LogP contribution in [0.5, 0.6) is 5.75 Å². The minimum Gasteiger partial charge on any atom is -0.497 e. The lowest BCUT2D eigenvalue weighted by Gasteiger charge is -2.38. The van der Waals surface area contributed by atoms with Crippen LogP contribution in [-0.2, 0) is 12.8 Å². The van der Waals surface area contributed by atoms with Crippen LogP contribution in [0.25, 0.3) is 0 Å². The quantitative estimate of drug-likeness (QED) is 0.908. The maximum absolute atomic E-state index is 5.38. The van der Waals surface area contributed by atoms with Crippen molar-refractivity contribution in [3.05, 3.63) is 29.3 Å². The van der Waals surface area contributed by atoms with E-state index in [1.54, 1.807) is 7.11 Å². The first kappa shape index (κ1) is 14.9. The fraction of sp³-hybridized carbons (Fsp3) is 0.684. The molecular weight excluding hydrogens is 258 g/mol. The lowest BCUT2D eigenvalue weighted by atomic mass is 9.77. The van der Waals surface area contributed by atoms with Gasteiger partial charge in [-0.25, -0.2) is 0 Å². The molecular formula is C19H29NO. The van der Waals surface area contributed by atoms with E-state index < -0.39 is 0 Å². The van der Waals surface area contributed by atoms with E-state index in [1.165, 1.54) is 43.2 Å². The second-order valence-electron chi connectivity index (χ2n) is 7.11. The second kappa shape index (κ2) is 6.39. The highest BCUT2D eigenvalue weighted by atomic mass is 16.5. The summed E-state index contributed by atoms with van der Waals surface area (Å²) in [6.07, 6.45) is 7.78. The van der Waals surface area contributed by atoms with Crippen molar-refractivity contribution in [2.45, 2.75) is 64.5 Å². The number of ether oxygens (including phenoxy) is 1. The molecule has 0 spiro atoms. The van der Waals surface area contributed by atoms with Crippen molar-refractivity contribution in [1.82, 2.24) is 5.32 Å². The van der Waals surface area contributed by atoms with E-state index in [0.717, 1.165) is 24.0 Å². The molecule has 3 rings (SSSR count). The molecule has 2 aliphatic rings. The van der Waals surface area contributed by atoms with Gasteiger partial charge in [-0.1, -0.05) is 32.8 Å². The third-order valence-electron chi connectivity index (χ3n) is 5.80. The summed E-state index contributed by atoms with van der Waals surface area (Å²) in [7, 11) is 1.76. The van der Waals surface area contributed by atoms with Gasteiger partial charge in [-0.15, -0.1) is 0 Å². The highest BCUT2D eigenvalue weighted by Gasteiger charge is 2.29. The Bertz CT molecular complexity index is 484. The Kier molecular flexibility index (Phi) is 4.54. The molecule has 0 amide bonds. The van der Waals surface area contributed by atoms with Crippen LogP contribution >= 0.6 is 0 Å². The average Bonchev–Trinajstić information content (AvgIpc) is 2.51. The molecule has 0 aliphatic heterocycles. The van der Waals surface area contributed by atoms with Gasteiger partial charge in [-0.2, -0.15) is 0 Å². The molecule has 2 nitrogen and oxygen atoms in total. The third kappa shape index (κ3) is 3.26. The number of methoxy groups -OCH3 is 1. The van der Waals surface area contributed by atoms with E-state index in [0.29, 0.717) is 12.1 Å². The summed E-state index contributed by atoms with van der Waals surface area (Å²) in [5.74, 6) is 2.67. The molecule has 0 heterocycles. The minimum atomic E-state index is 0.641. The number of nitrogens with one attached hydrogen (secondary N) is 1. The standard InChI is InChI=1S/C19H29NO/c1-13-5-4-6-19(14(13)2)20-17-9-7-15-8-10-18(21-3)12-16(15)11-17/h8,10,12-14,17,19-20H,4-7,9,11H2,1-3H3. The van der Waals surface area contributed by atoms with Gasteiger partial charge in [-0.05, 0) is 60.8 Å². The van der Waals surface area contributed by atoms with Crippen molar-refractivity contribution in [2.75, 3.05) is 7.11 Å². The molecule has 4 unspecified atom stereocenters. The number of hydrogen-bond acceptors (Lipinski definition) is 2. The van der Waals surface area contributed by atoms with E-state index in [-0.39, 0.29) is 0 Å². The summed E-state index contributed by atoms with van der Waals surface area (Å²) in [6, 6.07) is 7.93. The summed E-state index contributed by atoms with van der Waals surface area (Å²) < 4.78 is 5.38. The summed E-state index contributed by atoms with van der Waals surface area (Å²) >= 11 is 0. The van der Waals surface area contributed by atoms with E-state index >= 15 is 0 Å². The Morgan fingerprint density at radius 3 is 2.76 bits per heavy atom. The van der Waals surface area contributed by atoms with Crippen molar-refractivity contribution >= 4 is 0 Å². The minimum absolute atomic E-state index is 0.641. The zero-order valence-electron chi connectivity index (χ0n) is 13.7. The molecule has 0 radical (unpaired) electrons. The molecule has 4 atom stereocenters. The number of fused-ring (bicyclic) bond motifs is 1. The topological polar surface area (TPSA) is 21.3 Å². The molecule has 1 saturated carbocycles. The first-order valence-corrected chi connectivity index (χ1v) is 8.59. The van der Waals surface area contributed by atoms with Crippen LogP contribution in [0.2, 0.25) is 0 Å². The maximum atomic E-state index is 5.38. The number of rotatable bonds is 3. The lowest BCUT2D eigenvalue weighted by Crippen LogP contribution is -2.47. The molecule has 1 fully saturated rings. The first-order valence-electron chi connectivity index (χ1n) is 8.59. The van der Waals surface area contributed by atoms with E-state index in [2.05, 4.69) is 37.4 Å². The van der Waals surface area contributed by atoms with Gasteiger partial charge in [0.25, 0.3) is 0 Å². The molecule has 0 saturated heterocycles. The maximum Gasteiger partial charge on any atom is 0.119 e. The molecule has 116 valence electrons. The van der Waals surface area contributed by atoms with Crippen LogP contribution in [0.1, 0.15) is 50.7 Å². The Labute approximate surface area is 129 Å². The van der Waals surface area contributed by atoms with E-state index in [9.17, 15) is 0 Å². The van der Waals surface area contributed by atoms with Gasteiger partial charge in [0.2, 0.25) is 0 Å². The number of benzene rings is 1. The van der Waals surface area contributed by atoms with Gasteiger partial charge in [0, 0.05) is 12.1 Å². The highest BCUT2D eigenvalue weighted by molar-refractivity contribution is 5.37. The summed E-state index contributed by atoms with van der Waals surface area (Å²) in [4.78, 5) is 0. The Hall–Kier alpha value is -1.02. The van der Waals surface area contributed by atoms with E-state index in [4.69, 9.17) is 4.74 Å². The normalized spacial score (nSPS) is 32.5. The first-order chi connectivity index (χ1) is 10.2. The zero-order chi connectivity index (χ0) is 14.8. The second-order valence-corrected chi connectivity index (χ2v) is 7.11. The third-order valence-corrected chi connectivity index (χ3v) is 5.80. The van der Waals surface area contributed by atoms with Crippen LogP contribution in [-0.4, -0.2) is 19.2 Å². The Balaban J connectivity index is 1.65. The molecule has 1 N–H and O–H groups in total. The molecule has 0 aromatic heterocycles. The smallest absolute Gasteiger partial charge is 0.119 e. The van der Waals surface area contributed by atoms with Crippen molar-refractivity contribution in [3.8, 4) is 5.75 Å². The van der Waals surface area contributed by atoms with Crippen molar-refractivity contribution in [1.29, 1.82) is 0 Å². The fourth-order valence-electron chi connectivity index (χ4n) is 4.12. The van der Waals surface area contributed by atoms with Gasteiger partial charge >= 0.3 is 0 Å². The van der Waals surface area contributed by atoms with Crippen molar-refractivity contribution in [3.63, 3.8) is 0 Å². The van der Waals surface area contributed by atoms with Crippen molar-refractivity contribution in [2.24, 2.45) is 11.8 Å². The predicted octanol–water partition coefficient (Wildman–Crippen LogP) is 3.97. The van der Waals surface area contributed by atoms with Gasteiger partial charge in [0.1, 0.15) is 5.75 Å². The Morgan fingerprint density at radius 2 is 1.95 bits per heavy atom. The fourth-order valence-corrected chi connectivity index (χ4v) is 4.12. The molecule has 2 aliphatic carbocycles. The van der Waals surface area contributed by atoms with Crippen LogP contribution in [0.4, 0.5) is 0 Å². The number of aryl methyl sites for hydroxylation is 1. The SMILES string of the molecule is COc1ccc2c(c1)CC(NC1CCCC(C)C1C)CC2. The van der Waals surface area contributed by atoms with Gasteiger partial charge in [0.15, 0.2) is 0 Å². The van der Waals surface area contributed by atoms with Gasteiger partial charge in [0.05, 0.1) is 7.11 Å². The zero-order valence-corrected chi connectivity index (χ0v) is 13.7. The monoisotopic (exact) mass is 287 g/mol. The lowest BCUT2D eigenvalue weighted by molar-refractivity contribution is 0.189. The van der Waals surface area contributed by atoms with Crippen LogP contribution in [0.15, 0.2) is 18.2 Å². The molecule has 1 aromatic rings. The van der Waals surface area contributed by atoms with E-state index in [1.807, 2.05) is 0 Å². The van der Waals surface area contributed by atoms with Gasteiger partial charge in [-0.3, -0.25) is 0 Å². The molecule has 2 heteroatoms. The van der Waals surface area contributed by atoms with Gasteiger partial charge < -0.3 is 10.1 Å². The van der Waals surface area contributed by atoms with Crippen LogP contribution in [0, 0.1) is 11.8 Å². The Morgan fingerprint density at radius 1 is 1.10 bits per heavy atom. The van der Waals surface area contributed by atoms with Crippen LogP contribution in [0.3, 0.4) is 0 Å². The number of hydrogen-bond donors (Lipinski definition) is 1. The summed E-state index contributed by atoms with van der Waals surface area (Å²) in [6.45, 7) is 4.85. The molecule has 21 heavy (non-hydrogen) atoms. The summed E-state index contributed by atoms with van der Waals surface area (Å²) in [5.41, 5.74) is 2.99. The van der Waals surface area contributed by atoms with Crippen molar-refractivity contribution < 1.29 is 4.74 Å². The molecule has 0 bridgehead atoms. The summed E-state index contributed by atoms with van der Waals surface area (Å²) in [5, 5.41) is 3.98. The average molecular weight is 287 g/mol. The molecule has 1 aromatic carbocycles.